The molecule has 1 aliphatic heterocycles. The number of hydrogen-bond donors (Lipinski definition) is 1. The highest BCUT2D eigenvalue weighted by molar-refractivity contribution is 9.10. The molecule has 0 saturated carbocycles. The van der Waals surface area contributed by atoms with Crippen LogP contribution in [0, 0.1) is 5.41 Å². The molecule has 1 N–H and O–H groups in total. The molecule has 1 amide bonds. The van der Waals surface area contributed by atoms with Gasteiger partial charge in [0, 0.05) is 19.3 Å². The van der Waals surface area contributed by atoms with Crippen LogP contribution in [0.15, 0.2) is 22.9 Å². The fraction of sp³-hybridized carbons (Fsp3) is 0.417. The van der Waals surface area contributed by atoms with Gasteiger partial charge >= 0.3 is 12.1 Å². The van der Waals surface area contributed by atoms with Crippen molar-refractivity contribution in [3.05, 3.63) is 28.5 Å². The Morgan fingerprint density at radius 3 is 2.48 bits per heavy atom. The molecule has 1 aromatic rings. The fourth-order valence-corrected chi connectivity index (χ4v) is 2.43. The first kappa shape index (κ1) is 15.7. The molecule has 9 heteroatoms. The van der Waals surface area contributed by atoms with E-state index >= 15 is 0 Å². The van der Waals surface area contributed by atoms with Crippen molar-refractivity contribution < 1.29 is 27.9 Å². The topological polar surface area (TPSA) is 70.5 Å². The van der Waals surface area contributed by atoms with Gasteiger partial charge in [0.2, 0.25) is 0 Å². The van der Waals surface area contributed by atoms with Crippen molar-refractivity contribution in [3.8, 4) is 0 Å². The average Bonchev–Trinajstić information content (AvgIpc) is 2.84. The first-order valence-corrected chi connectivity index (χ1v) is 6.68. The predicted molar refractivity (Wildman–Crippen MR) is 68.6 cm³/mol. The Kier molecular flexibility index (Phi) is 3.96. The second-order valence-corrected chi connectivity index (χ2v) is 5.54. The number of carbonyl (C=O) groups excluding carboxylic acids is 1. The van der Waals surface area contributed by atoms with Crippen LogP contribution < -0.4 is 0 Å². The van der Waals surface area contributed by atoms with Gasteiger partial charge in [-0.25, -0.2) is 4.98 Å². The number of hydrogen-bond acceptors (Lipinski definition) is 3. The lowest BCUT2D eigenvalue weighted by Gasteiger charge is -2.27. The third-order valence-corrected chi connectivity index (χ3v) is 3.95. The van der Waals surface area contributed by atoms with E-state index in [0.717, 1.165) is 4.90 Å². The molecule has 5 nitrogen and oxygen atoms in total. The number of likely N-dealkylation sites (tertiary alicyclic amines) is 1. The third kappa shape index (κ3) is 2.74. The number of amides is 1. The molecule has 1 atom stereocenters. The van der Waals surface area contributed by atoms with Crippen molar-refractivity contribution in [1.82, 2.24) is 9.88 Å². The van der Waals surface area contributed by atoms with E-state index in [1.54, 1.807) is 0 Å². The highest BCUT2D eigenvalue weighted by Crippen LogP contribution is 2.45. The summed E-state index contributed by atoms with van der Waals surface area (Å²) < 4.78 is 39.5. The maximum atomic E-state index is 13.0. The number of aromatic nitrogens is 1. The Morgan fingerprint density at radius 1 is 1.38 bits per heavy atom. The van der Waals surface area contributed by atoms with Crippen LogP contribution in [0.3, 0.4) is 0 Å². The molecule has 1 saturated heterocycles. The number of carboxylic acids is 1. The van der Waals surface area contributed by atoms with Gasteiger partial charge in [-0.2, -0.15) is 13.2 Å². The quantitative estimate of drug-likeness (QED) is 0.815. The first-order valence-electron chi connectivity index (χ1n) is 5.88. The van der Waals surface area contributed by atoms with Gasteiger partial charge in [0.15, 0.2) is 5.41 Å². The van der Waals surface area contributed by atoms with Crippen molar-refractivity contribution in [2.75, 3.05) is 13.1 Å². The van der Waals surface area contributed by atoms with Crippen molar-refractivity contribution in [3.63, 3.8) is 0 Å². The zero-order valence-corrected chi connectivity index (χ0v) is 12.1. The molecule has 1 unspecified atom stereocenters. The van der Waals surface area contributed by atoms with Gasteiger partial charge in [-0.15, -0.1) is 0 Å². The average molecular weight is 367 g/mol. The van der Waals surface area contributed by atoms with Gasteiger partial charge in [0.25, 0.3) is 5.91 Å². The molecule has 0 aliphatic carbocycles. The van der Waals surface area contributed by atoms with Crippen LogP contribution >= 0.6 is 15.9 Å². The number of carboxylic acid groups (broad SMARTS) is 1. The second kappa shape index (κ2) is 5.28. The lowest BCUT2D eigenvalue weighted by molar-refractivity contribution is -0.227. The van der Waals surface area contributed by atoms with E-state index in [-0.39, 0.29) is 12.1 Å². The lowest BCUT2D eigenvalue weighted by Crippen LogP contribution is -2.47. The van der Waals surface area contributed by atoms with Crippen LogP contribution in [-0.2, 0) is 4.79 Å². The maximum Gasteiger partial charge on any atom is 0.406 e. The molecule has 114 valence electrons. The normalized spacial score (nSPS) is 22.4. The van der Waals surface area contributed by atoms with Gasteiger partial charge in [-0.1, -0.05) is 0 Å². The molecule has 1 aromatic heterocycles. The molecule has 21 heavy (non-hydrogen) atoms. The van der Waals surface area contributed by atoms with Gasteiger partial charge in [0.1, 0.15) is 4.60 Å². The van der Waals surface area contributed by atoms with Crippen molar-refractivity contribution >= 4 is 27.8 Å². The van der Waals surface area contributed by atoms with E-state index in [2.05, 4.69) is 20.9 Å². The molecule has 2 rings (SSSR count). The second-order valence-electron chi connectivity index (χ2n) is 4.73. The molecule has 0 bridgehead atoms. The first-order chi connectivity index (χ1) is 9.67. The number of carbonyl (C=O) groups is 2. The highest BCUT2D eigenvalue weighted by Gasteiger charge is 2.64. The molecule has 2 heterocycles. The van der Waals surface area contributed by atoms with Crippen LogP contribution in [0.2, 0.25) is 0 Å². The number of nitrogens with zero attached hydrogens (tertiary/aromatic N) is 2. The Morgan fingerprint density at radius 2 is 2.05 bits per heavy atom. The van der Waals surface area contributed by atoms with Crippen molar-refractivity contribution in [1.29, 1.82) is 0 Å². The Hall–Kier alpha value is -1.64. The summed E-state index contributed by atoms with van der Waals surface area (Å²) in [6, 6.07) is 2.89. The standard InChI is InChI=1S/C12H10BrF3N2O3/c13-8-2-1-7(5-17-8)9(19)18-4-3-11(6-18,10(20)21)12(14,15)16/h1-2,5H,3-4,6H2,(H,20,21). The minimum absolute atomic E-state index is 0.113. The van der Waals surface area contributed by atoms with Gasteiger partial charge in [0.05, 0.1) is 5.56 Å². The molecule has 0 aromatic carbocycles. The van der Waals surface area contributed by atoms with Gasteiger partial charge < -0.3 is 10.0 Å². The molecule has 1 aliphatic rings. The van der Waals surface area contributed by atoms with Crippen LogP contribution in [0.5, 0.6) is 0 Å². The lowest BCUT2D eigenvalue weighted by atomic mass is 9.86. The molecule has 1 fully saturated rings. The number of halogens is 4. The SMILES string of the molecule is O=C(c1ccc(Br)nc1)N1CCC(C(=O)O)(C(F)(F)F)C1. The summed E-state index contributed by atoms with van der Waals surface area (Å²) in [7, 11) is 0. The number of rotatable bonds is 2. The van der Waals surface area contributed by atoms with Crippen molar-refractivity contribution in [2.45, 2.75) is 12.6 Å². The Labute approximate surface area is 125 Å². The van der Waals surface area contributed by atoms with E-state index in [1.165, 1.54) is 18.3 Å². The summed E-state index contributed by atoms with van der Waals surface area (Å²) >= 11 is 3.08. The molecular formula is C12H10BrF3N2O3. The zero-order chi connectivity index (χ0) is 15.8. The van der Waals surface area contributed by atoms with Crippen LogP contribution in [-0.4, -0.2) is 46.1 Å². The highest BCUT2D eigenvalue weighted by atomic mass is 79.9. The monoisotopic (exact) mass is 366 g/mol. The minimum Gasteiger partial charge on any atom is -0.481 e. The van der Waals surface area contributed by atoms with E-state index in [4.69, 9.17) is 5.11 Å². The summed E-state index contributed by atoms with van der Waals surface area (Å²) in [5, 5.41) is 8.93. The Bertz CT molecular complexity index is 576. The summed E-state index contributed by atoms with van der Waals surface area (Å²) in [6.45, 7) is -1.15. The van der Waals surface area contributed by atoms with Crippen LogP contribution in [0.25, 0.3) is 0 Å². The van der Waals surface area contributed by atoms with Crippen molar-refractivity contribution in [2.24, 2.45) is 5.41 Å². The van der Waals surface area contributed by atoms with E-state index in [9.17, 15) is 22.8 Å². The van der Waals surface area contributed by atoms with Gasteiger partial charge in [-0.05, 0) is 34.5 Å². The van der Waals surface area contributed by atoms with Gasteiger partial charge in [-0.3, -0.25) is 9.59 Å². The van der Waals surface area contributed by atoms with E-state index in [0.29, 0.717) is 4.60 Å². The fourth-order valence-electron chi connectivity index (χ4n) is 2.20. The molecular weight excluding hydrogens is 357 g/mol. The summed E-state index contributed by atoms with van der Waals surface area (Å²) in [5.74, 6) is -2.62. The van der Waals surface area contributed by atoms with E-state index in [1.807, 2.05) is 0 Å². The largest absolute Gasteiger partial charge is 0.481 e. The number of pyridine rings is 1. The van der Waals surface area contributed by atoms with Crippen LogP contribution in [0.4, 0.5) is 13.2 Å². The summed E-state index contributed by atoms with van der Waals surface area (Å²) in [4.78, 5) is 27.9. The molecule has 0 spiro atoms. The predicted octanol–water partition coefficient (Wildman–Crippen LogP) is 2.32. The maximum absolute atomic E-state index is 13.0. The van der Waals surface area contributed by atoms with E-state index < -0.39 is 36.4 Å². The summed E-state index contributed by atoms with van der Waals surface area (Å²) in [5.41, 5.74) is -2.78. The minimum atomic E-state index is -4.91. The van der Waals surface area contributed by atoms with Crippen LogP contribution in [0.1, 0.15) is 16.8 Å². The zero-order valence-electron chi connectivity index (χ0n) is 10.5. The smallest absolute Gasteiger partial charge is 0.406 e. The third-order valence-electron chi connectivity index (χ3n) is 3.48. The number of aliphatic carboxylic acids is 1. The number of alkyl halides is 3. The molecule has 0 radical (unpaired) electrons. The Balaban J connectivity index is 2.23. The summed E-state index contributed by atoms with van der Waals surface area (Å²) in [6.07, 6.45) is -4.34.